The maximum Gasteiger partial charge on any atom is 0.256 e. The number of nitrogens with two attached hydrogens (primary N) is 1. The number of amides is 1. The van der Waals surface area contributed by atoms with Gasteiger partial charge in [0.15, 0.2) is 0 Å². The number of aryl methyl sites for hydroxylation is 3. The molecule has 2 aromatic rings. The monoisotopic (exact) mass is 387 g/mol. The van der Waals surface area contributed by atoms with Gasteiger partial charge in [-0.05, 0) is 52.0 Å². The van der Waals surface area contributed by atoms with Crippen molar-refractivity contribution in [1.29, 1.82) is 0 Å². The van der Waals surface area contributed by atoms with E-state index in [4.69, 9.17) is 5.73 Å². The highest BCUT2D eigenvalue weighted by molar-refractivity contribution is 7.12. The number of hydrogen-bond acceptors (Lipinski definition) is 5. The van der Waals surface area contributed by atoms with E-state index in [9.17, 15) is 4.79 Å². The van der Waals surface area contributed by atoms with E-state index in [1.165, 1.54) is 24.1 Å². The van der Waals surface area contributed by atoms with Crippen LogP contribution in [-0.4, -0.2) is 33.8 Å². The summed E-state index contributed by atoms with van der Waals surface area (Å²) in [6.45, 7) is 3.94. The van der Waals surface area contributed by atoms with Crippen LogP contribution in [0.2, 0.25) is 0 Å². The van der Waals surface area contributed by atoms with Crippen LogP contribution in [0.1, 0.15) is 63.8 Å². The fourth-order valence-corrected chi connectivity index (χ4v) is 5.31. The number of nitrogens with zero attached hydrogens (tertiary/aromatic N) is 2. The molecular weight excluding hydrogens is 358 g/mol. The smallest absolute Gasteiger partial charge is 0.256 e. The zero-order valence-corrected chi connectivity index (χ0v) is 17.1. The number of hydrogen-bond donors (Lipinski definition) is 3. The van der Waals surface area contributed by atoms with Gasteiger partial charge in [-0.25, -0.2) is 0 Å². The van der Waals surface area contributed by atoms with Crippen LogP contribution in [0.25, 0.3) is 0 Å². The molecule has 2 atom stereocenters. The Morgan fingerprint density at radius 1 is 1.30 bits per heavy atom. The molecule has 2 heterocycles. The lowest BCUT2D eigenvalue weighted by molar-refractivity contribution is 0.102. The van der Waals surface area contributed by atoms with Crippen LogP contribution < -0.4 is 16.4 Å². The fourth-order valence-electron chi connectivity index (χ4n) is 4.11. The minimum absolute atomic E-state index is 0.0440. The summed E-state index contributed by atoms with van der Waals surface area (Å²) in [6.07, 6.45) is 7.65. The Balaban J connectivity index is 1.37. The van der Waals surface area contributed by atoms with E-state index >= 15 is 0 Å². The van der Waals surface area contributed by atoms with E-state index in [1.54, 1.807) is 16.0 Å². The SMILES string of the molecule is Cc1nn(C)cc1NC(=O)c1cc(C2CC2NC2CCC(N)CC2)sc1C. The molecule has 2 aliphatic carbocycles. The van der Waals surface area contributed by atoms with Gasteiger partial charge in [0.25, 0.3) is 5.91 Å². The molecule has 4 N–H and O–H groups in total. The number of rotatable bonds is 5. The third kappa shape index (κ3) is 4.10. The number of carbonyl (C=O) groups excluding carboxylic acids is 1. The molecule has 2 unspecified atom stereocenters. The second kappa shape index (κ2) is 7.37. The molecule has 2 aromatic heterocycles. The van der Waals surface area contributed by atoms with E-state index in [1.807, 2.05) is 27.1 Å². The van der Waals surface area contributed by atoms with Gasteiger partial charge in [0.2, 0.25) is 0 Å². The summed E-state index contributed by atoms with van der Waals surface area (Å²) in [5.74, 6) is 0.503. The molecule has 7 heteroatoms. The standard InChI is InChI=1S/C20H29N5OS/c1-11-18(10-25(3)24-11)23-20(26)15-9-19(27-12(15)2)16-8-17(16)22-14-6-4-13(21)5-7-14/h9-10,13-14,16-17,22H,4-8,21H2,1-3H3,(H,23,26). The first-order chi connectivity index (χ1) is 12.9. The Labute approximate surface area is 164 Å². The van der Waals surface area contributed by atoms with Crippen molar-refractivity contribution in [3.8, 4) is 0 Å². The largest absolute Gasteiger partial charge is 0.328 e. The zero-order chi connectivity index (χ0) is 19.1. The number of thiophene rings is 1. The quantitative estimate of drug-likeness (QED) is 0.736. The zero-order valence-electron chi connectivity index (χ0n) is 16.3. The molecule has 0 aliphatic heterocycles. The molecule has 2 saturated carbocycles. The van der Waals surface area contributed by atoms with E-state index < -0.39 is 0 Å². The first kappa shape index (κ1) is 18.7. The van der Waals surface area contributed by atoms with Gasteiger partial charge in [0.1, 0.15) is 0 Å². The van der Waals surface area contributed by atoms with Crippen molar-refractivity contribution < 1.29 is 4.79 Å². The second-order valence-corrected chi connectivity index (χ2v) is 9.39. The summed E-state index contributed by atoms with van der Waals surface area (Å²) in [4.78, 5) is 15.1. The molecule has 1 amide bonds. The Bertz CT molecular complexity index is 834. The molecule has 27 heavy (non-hydrogen) atoms. The molecule has 0 saturated heterocycles. The molecule has 2 aliphatic rings. The van der Waals surface area contributed by atoms with Gasteiger partial charge in [0.05, 0.1) is 16.9 Å². The van der Waals surface area contributed by atoms with Crippen molar-refractivity contribution in [3.05, 3.63) is 33.3 Å². The minimum atomic E-state index is -0.0440. The lowest BCUT2D eigenvalue weighted by Gasteiger charge is -2.27. The topological polar surface area (TPSA) is 85.0 Å². The van der Waals surface area contributed by atoms with E-state index in [0.29, 0.717) is 24.0 Å². The maximum atomic E-state index is 12.7. The Kier molecular flexibility index (Phi) is 5.09. The Hall–Kier alpha value is -1.70. The Morgan fingerprint density at radius 2 is 2.04 bits per heavy atom. The molecule has 4 rings (SSSR count). The summed E-state index contributed by atoms with van der Waals surface area (Å²) in [5.41, 5.74) is 8.40. The number of nitrogens with one attached hydrogen (secondary N) is 2. The molecule has 0 spiro atoms. The third-order valence-electron chi connectivity index (χ3n) is 5.82. The summed E-state index contributed by atoms with van der Waals surface area (Å²) < 4.78 is 1.72. The molecule has 6 nitrogen and oxygen atoms in total. The van der Waals surface area contributed by atoms with Gasteiger partial charge in [-0.2, -0.15) is 5.10 Å². The van der Waals surface area contributed by atoms with Gasteiger partial charge < -0.3 is 16.4 Å². The number of anilines is 1. The summed E-state index contributed by atoms with van der Waals surface area (Å²) >= 11 is 1.76. The average molecular weight is 388 g/mol. The van der Waals surface area contributed by atoms with E-state index in [0.717, 1.165) is 34.7 Å². The van der Waals surface area contributed by atoms with Crippen LogP contribution in [0.5, 0.6) is 0 Å². The summed E-state index contributed by atoms with van der Waals surface area (Å²) in [5, 5.41) is 11.1. The van der Waals surface area contributed by atoms with Crippen LogP contribution in [0.4, 0.5) is 5.69 Å². The number of carbonyl (C=O) groups is 1. The van der Waals surface area contributed by atoms with Crippen LogP contribution in [-0.2, 0) is 7.05 Å². The first-order valence-corrected chi connectivity index (χ1v) is 10.7. The van der Waals surface area contributed by atoms with E-state index in [2.05, 4.69) is 21.8 Å². The predicted octanol–water partition coefficient (Wildman–Crippen LogP) is 3.07. The fraction of sp³-hybridized carbons (Fsp3) is 0.600. The van der Waals surface area contributed by atoms with Crippen LogP contribution in [0.3, 0.4) is 0 Å². The number of aromatic nitrogens is 2. The van der Waals surface area contributed by atoms with Crippen LogP contribution in [0.15, 0.2) is 12.3 Å². The first-order valence-electron chi connectivity index (χ1n) is 9.84. The Morgan fingerprint density at radius 3 is 2.70 bits per heavy atom. The van der Waals surface area contributed by atoms with Crippen molar-refractivity contribution in [2.24, 2.45) is 12.8 Å². The molecular formula is C20H29N5OS. The summed E-state index contributed by atoms with van der Waals surface area (Å²) in [7, 11) is 1.86. The minimum Gasteiger partial charge on any atom is -0.328 e. The normalized spacial score (nSPS) is 27.6. The van der Waals surface area contributed by atoms with Crippen molar-refractivity contribution in [1.82, 2.24) is 15.1 Å². The summed E-state index contributed by atoms with van der Waals surface area (Å²) in [6, 6.07) is 3.64. The van der Waals surface area contributed by atoms with Gasteiger partial charge in [-0.15, -0.1) is 11.3 Å². The molecule has 0 aromatic carbocycles. The average Bonchev–Trinajstić information content (AvgIpc) is 3.16. The highest BCUT2D eigenvalue weighted by Crippen LogP contribution is 2.45. The highest BCUT2D eigenvalue weighted by Gasteiger charge is 2.41. The molecule has 146 valence electrons. The van der Waals surface area contributed by atoms with Gasteiger partial charge in [-0.3, -0.25) is 9.48 Å². The predicted molar refractivity (Wildman–Crippen MR) is 109 cm³/mol. The van der Waals surface area contributed by atoms with Gasteiger partial charge in [0, 0.05) is 47.0 Å². The third-order valence-corrected chi connectivity index (χ3v) is 7.00. The van der Waals surface area contributed by atoms with Crippen LogP contribution >= 0.6 is 11.3 Å². The molecule has 0 bridgehead atoms. The van der Waals surface area contributed by atoms with Gasteiger partial charge >= 0.3 is 0 Å². The van der Waals surface area contributed by atoms with Crippen LogP contribution in [0, 0.1) is 13.8 Å². The maximum absolute atomic E-state index is 12.7. The van der Waals surface area contributed by atoms with Crippen molar-refractivity contribution in [2.75, 3.05) is 5.32 Å². The lowest BCUT2D eigenvalue weighted by Crippen LogP contribution is -2.38. The lowest BCUT2D eigenvalue weighted by atomic mass is 9.92. The molecule has 2 fully saturated rings. The van der Waals surface area contributed by atoms with Crippen molar-refractivity contribution in [3.63, 3.8) is 0 Å². The molecule has 0 radical (unpaired) electrons. The van der Waals surface area contributed by atoms with Gasteiger partial charge in [-0.1, -0.05) is 0 Å². The second-order valence-electron chi connectivity index (χ2n) is 8.10. The van der Waals surface area contributed by atoms with E-state index in [-0.39, 0.29) is 5.91 Å². The van der Waals surface area contributed by atoms with Crippen molar-refractivity contribution in [2.45, 2.75) is 70.0 Å². The van der Waals surface area contributed by atoms with Crippen molar-refractivity contribution >= 4 is 22.9 Å². The highest BCUT2D eigenvalue weighted by atomic mass is 32.1.